The van der Waals surface area contributed by atoms with Gasteiger partial charge < -0.3 is 4.90 Å². The standard InChI is InChI=1S/C23H30N2O2S/c1-23(2,28(26,27)21-9-12-24-13-10-21)11-6-14-25-17-19-15-20(25)16-22(19)18-7-4-3-5-8-18/h3-5,7-10,12-13,19-20,22H,6,11,14-17H2,1-2H3/t19-,20-,22+/m0/s1. The van der Waals surface area contributed by atoms with E-state index in [9.17, 15) is 8.42 Å². The molecule has 1 aliphatic carbocycles. The second kappa shape index (κ2) is 7.60. The number of pyridine rings is 1. The summed E-state index contributed by atoms with van der Waals surface area (Å²) >= 11 is 0. The summed E-state index contributed by atoms with van der Waals surface area (Å²) in [5, 5.41) is 0. The van der Waals surface area contributed by atoms with Crippen LogP contribution in [0.1, 0.15) is 51.0 Å². The lowest BCUT2D eigenvalue weighted by atomic mass is 9.87. The molecule has 2 bridgehead atoms. The third-order valence-corrected chi connectivity index (χ3v) is 9.35. The quantitative estimate of drug-likeness (QED) is 0.698. The molecule has 0 amide bonds. The first-order valence-electron chi connectivity index (χ1n) is 10.3. The molecule has 4 rings (SSSR count). The highest BCUT2D eigenvalue weighted by Gasteiger charge is 2.45. The molecule has 1 aromatic heterocycles. The lowest BCUT2D eigenvalue weighted by Gasteiger charge is -2.33. The molecule has 0 unspecified atom stereocenters. The van der Waals surface area contributed by atoms with Gasteiger partial charge in [-0.05, 0) is 75.6 Å². The Kier molecular flexibility index (Phi) is 5.32. The summed E-state index contributed by atoms with van der Waals surface area (Å²) in [6.45, 7) is 5.86. The Balaban J connectivity index is 1.32. The molecule has 1 aliphatic heterocycles. The van der Waals surface area contributed by atoms with E-state index in [2.05, 4.69) is 40.2 Å². The van der Waals surface area contributed by atoms with Crippen LogP contribution in [0.4, 0.5) is 0 Å². The molecule has 28 heavy (non-hydrogen) atoms. The fourth-order valence-electron chi connectivity index (χ4n) is 5.11. The van der Waals surface area contributed by atoms with Crippen molar-refractivity contribution in [1.29, 1.82) is 0 Å². The van der Waals surface area contributed by atoms with E-state index in [-0.39, 0.29) is 0 Å². The van der Waals surface area contributed by atoms with E-state index >= 15 is 0 Å². The van der Waals surface area contributed by atoms with Crippen LogP contribution in [0.15, 0.2) is 59.8 Å². The smallest absolute Gasteiger partial charge is 0.183 e. The number of fused-ring (bicyclic) bond motifs is 2. The van der Waals surface area contributed by atoms with E-state index in [4.69, 9.17) is 0 Å². The average Bonchev–Trinajstić information content (AvgIpc) is 3.30. The lowest BCUT2D eigenvalue weighted by molar-refractivity contribution is 0.194. The topological polar surface area (TPSA) is 50.3 Å². The maximum Gasteiger partial charge on any atom is 0.183 e. The summed E-state index contributed by atoms with van der Waals surface area (Å²) in [6, 6.07) is 14.8. The van der Waals surface area contributed by atoms with Crippen molar-refractivity contribution in [2.45, 2.75) is 61.1 Å². The lowest BCUT2D eigenvalue weighted by Crippen LogP contribution is -2.37. The van der Waals surface area contributed by atoms with Gasteiger partial charge in [0.1, 0.15) is 0 Å². The number of aromatic nitrogens is 1. The maximum atomic E-state index is 13.0. The van der Waals surface area contributed by atoms with Crippen LogP contribution in [0, 0.1) is 5.92 Å². The average molecular weight is 399 g/mol. The van der Waals surface area contributed by atoms with E-state index in [1.807, 2.05) is 13.8 Å². The fourth-order valence-corrected chi connectivity index (χ4v) is 6.64. The molecule has 150 valence electrons. The first-order chi connectivity index (χ1) is 13.4. The predicted octanol–water partition coefficient (Wildman–Crippen LogP) is 4.29. The van der Waals surface area contributed by atoms with Crippen LogP contribution in [0.2, 0.25) is 0 Å². The van der Waals surface area contributed by atoms with Crippen LogP contribution in [0.5, 0.6) is 0 Å². The Morgan fingerprint density at radius 2 is 1.79 bits per heavy atom. The third kappa shape index (κ3) is 3.62. The molecule has 5 heteroatoms. The first-order valence-corrected chi connectivity index (χ1v) is 11.8. The number of rotatable bonds is 7. The molecule has 1 saturated carbocycles. The van der Waals surface area contributed by atoms with Gasteiger partial charge in [0.2, 0.25) is 0 Å². The number of hydrogen-bond donors (Lipinski definition) is 0. The Morgan fingerprint density at radius 3 is 2.43 bits per heavy atom. The van der Waals surface area contributed by atoms with E-state index in [0.717, 1.165) is 25.4 Å². The molecule has 1 saturated heterocycles. The molecule has 2 aliphatic rings. The van der Waals surface area contributed by atoms with Crippen LogP contribution in [0.3, 0.4) is 0 Å². The van der Waals surface area contributed by atoms with Crippen LogP contribution >= 0.6 is 0 Å². The van der Waals surface area contributed by atoms with Crippen LogP contribution in [-0.4, -0.2) is 42.2 Å². The number of piperidine rings is 1. The monoisotopic (exact) mass is 398 g/mol. The van der Waals surface area contributed by atoms with Crippen molar-refractivity contribution >= 4 is 9.84 Å². The van der Waals surface area contributed by atoms with Gasteiger partial charge in [0.15, 0.2) is 9.84 Å². The minimum Gasteiger partial charge on any atom is -0.300 e. The number of nitrogens with zero attached hydrogens (tertiary/aromatic N) is 2. The number of benzene rings is 1. The van der Waals surface area contributed by atoms with E-state index in [0.29, 0.717) is 23.3 Å². The summed E-state index contributed by atoms with van der Waals surface area (Å²) in [5.74, 6) is 1.45. The largest absolute Gasteiger partial charge is 0.300 e. The van der Waals surface area contributed by atoms with Crippen molar-refractivity contribution in [2.75, 3.05) is 13.1 Å². The van der Waals surface area contributed by atoms with Crippen LogP contribution in [-0.2, 0) is 9.84 Å². The summed E-state index contributed by atoms with van der Waals surface area (Å²) in [6.07, 6.45) is 7.22. The predicted molar refractivity (Wildman–Crippen MR) is 112 cm³/mol. The van der Waals surface area contributed by atoms with Gasteiger partial charge in [-0.1, -0.05) is 30.3 Å². The minimum atomic E-state index is -3.35. The highest BCUT2D eigenvalue weighted by molar-refractivity contribution is 7.92. The van der Waals surface area contributed by atoms with E-state index in [1.54, 1.807) is 24.5 Å². The van der Waals surface area contributed by atoms with Crippen molar-refractivity contribution in [3.63, 3.8) is 0 Å². The van der Waals surface area contributed by atoms with E-state index < -0.39 is 14.6 Å². The summed E-state index contributed by atoms with van der Waals surface area (Å²) in [4.78, 5) is 6.90. The minimum absolute atomic E-state index is 0.374. The van der Waals surface area contributed by atoms with Crippen molar-refractivity contribution in [2.24, 2.45) is 5.92 Å². The van der Waals surface area contributed by atoms with Gasteiger partial charge in [-0.25, -0.2) is 8.42 Å². The molecule has 4 nitrogen and oxygen atoms in total. The molecule has 2 fully saturated rings. The van der Waals surface area contributed by atoms with Gasteiger partial charge in [0, 0.05) is 25.0 Å². The zero-order valence-electron chi connectivity index (χ0n) is 16.8. The van der Waals surface area contributed by atoms with Gasteiger partial charge in [-0.15, -0.1) is 0 Å². The molecular weight excluding hydrogens is 368 g/mol. The van der Waals surface area contributed by atoms with Gasteiger partial charge in [-0.3, -0.25) is 4.98 Å². The highest BCUT2D eigenvalue weighted by Crippen LogP contribution is 2.47. The van der Waals surface area contributed by atoms with Crippen molar-refractivity contribution in [3.8, 4) is 0 Å². The maximum absolute atomic E-state index is 13.0. The third-order valence-electron chi connectivity index (χ3n) is 6.79. The van der Waals surface area contributed by atoms with Crippen molar-refractivity contribution in [1.82, 2.24) is 9.88 Å². The number of likely N-dealkylation sites (tertiary alicyclic amines) is 1. The molecule has 1 aromatic carbocycles. The van der Waals surface area contributed by atoms with E-state index in [1.165, 1.54) is 18.4 Å². The summed E-state index contributed by atoms with van der Waals surface area (Å²) < 4.78 is 25.2. The number of hydrogen-bond acceptors (Lipinski definition) is 4. The second-order valence-electron chi connectivity index (χ2n) is 8.95. The Morgan fingerprint density at radius 1 is 1.07 bits per heavy atom. The molecule has 0 spiro atoms. The Labute approximate surface area is 168 Å². The zero-order chi connectivity index (χ0) is 19.8. The molecule has 2 heterocycles. The fraction of sp³-hybridized carbons (Fsp3) is 0.522. The molecule has 0 N–H and O–H groups in total. The van der Waals surface area contributed by atoms with Gasteiger partial charge in [0.05, 0.1) is 9.64 Å². The molecule has 2 aromatic rings. The molecular formula is C23H30N2O2S. The van der Waals surface area contributed by atoms with Gasteiger partial charge >= 0.3 is 0 Å². The SMILES string of the molecule is CC(C)(CCCN1C[C@@H]2C[C@H]1C[C@@H]2c1ccccc1)S(=O)(=O)c1ccncc1. The van der Waals surface area contributed by atoms with Gasteiger partial charge in [0.25, 0.3) is 0 Å². The van der Waals surface area contributed by atoms with Crippen molar-refractivity contribution < 1.29 is 8.42 Å². The normalized spacial score (nSPS) is 25.3. The van der Waals surface area contributed by atoms with Crippen LogP contribution < -0.4 is 0 Å². The molecule has 0 radical (unpaired) electrons. The van der Waals surface area contributed by atoms with Crippen molar-refractivity contribution in [3.05, 3.63) is 60.4 Å². The second-order valence-corrected chi connectivity index (χ2v) is 11.5. The van der Waals surface area contributed by atoms with Crippen LogP contribution in [0.25, 0.3) is 0 Å². The van der Waals surface area contributed by atoms with Gasteiger partial charge in [-0.2, -0.15) is 0 Å². The zero-order valence-corrected chi connectivity index (χ0v) is 17.6. The summed E-state index contributed by atoms with van der Waals surface area (Å²) in [7, 11) is -3.35. The Bertz CT molecular complexity index is 897. The highest BCUT2D eigenvalue weighted by atomic mass is 32.2. The molecule has 3 atom stereocenters. The Hall–Kier alpha value is -1.72. The first kappa shape index (κ1) is 19.6. The number of sulfone groups is 1. The summed E-state index contributed by atoms with van der Waals surface area (Å²) in [5.41, 5.74) is 1.49.